The fourth-order valence-electron chi connectivity index (χ4n) is 1.39. The Bertz CT molecular complexity index is 471. The Balaban J connectivity index is 3.12. The molecule has 90 valence electrons. The molecule has 0 aliphatic carbocycles. The van der Waals surface area contributed by atoms with Crippen molar-refractivity contribution in [1.82, 2.24) is 4.31 Å². The molecule has 1 rings (SSSR count). The number of rotatable bonds is 4. The average molecular weight is 306 g/mol. The van der Waals surface area contributed by atoms with E-state index < -0.39 is 10.0 Å². The van der Waals surface area contributed by atoms with Crippen molar-refractivity contribution in [2.45, 2.75) is 25.2 Å². The Kier molecular flexibility index (Phi) is 4.52. The number of benzene rings is 1. The Morgan fingerprint density at radius 1 is 1.38 bits per heavy atom. The third-order valence-corrected chi connectivity index (χ3v) is 5.12. The van der Waals surface area contributed by atoms with Gasteiger partial charge in [0.15, 0.2) is 0 Å². The van der Waals surface area contributed by atoms with Gasteiger partial charge in [0.1, 0.15) is 0 Å². The molecule has 0 aliphatic rings. The lowest BCUT2D eigenvalue weighted by Crippen LogP contribution is -2.27. The zero-order valence-electron chi connectivity index (χ0n) is 9.70. The molecule has 3 nitrogen and oxygen atoms in total. The Labute approximate surface area is 106 Å². The standard InChI is InChI=1S/C11H16BrNO2S/c1-4-7-13(3)16(14,15)10-5-6-11(12)9(2)8-10/h5-6,8H,4,7H2,1-3H3. The molecule has 0 aliphatic heterocycles. The monoisotopic (exact) mass is 305 g/mol. The maximum Gasteiger partial charge on any atom is 0.242 e. The normalized spacial score (nSPS) is 12.1. The van der Waals surface area contributed by atoms with Gasteiger partial charge in [0.05, 0.1) is 4.90 Å². The van der Waals surface area contributed by atoms with E-state index >= 15 is 0 Å². The van der Waals surface area contributed by atoms with E-state index in [0.29, 0.717) is 11.4 Å². The van der Waals surface area contributed by atoms with Gasteiger partial charge in [-0.3, -0.25) is 0 Å². The first-order valence-electron chi connectivity index (χ1n) is 5.12. The highest BCUT2D eigenvalue weighted by molar-refractivity contribution is 9.10. The van der Waals surface area contributed by atoms with Gasteiger partial charge in [0.2, 0.25) is 10.0 Å². The predicted molar refractivity (Wildman–Crippen MR) is 69.0 cm³/mol. The summed E-state index contributed by atoms with van der Waals surface area (Å²) in [5.41, 5.74) is 0.922. The third-order valence-electron chi connectivity index (χ3n) is 2.38. The van der Waals surface area contributed by atoms with Gasteiger partial charge in [-0.15, -0.1) is 0 Å². The first-order valence-corrected chi connectivity index (χ1v) is 7.35. The van der Waals surface area contributed by atoms with Crippen LogP contribution in [0.15, 0.2) is 27.6 Å². The van der Waals surface area contributed by atoms with E-state index in [1.54, 1.807) is 25.2 Å². The maximum absolute atomic E-state index is 12.1. The Hall–Kier alpha value is -0.390. The van der Waals surface area contributed by atoms with Gasteiger partial charge >= 0.3 is 0 Å². The summed E-state index contributed by atoms with van der Waals surface area (Å²) >= 11 is 3.36. The smallest absolute Gasteiger partial charge is 0.207 e. The molecule has 0 N–H and O–H groups in total. The SMILES string of the molecule is CCCN(C)S(=O)(=O)c1ccc(Br)c(C)c1. The predicted octanol–water partition coefficient (Wildman–Crippen LogP) is 2.79. The summed E-state index contributed by atoms with van der Waals surface area (Å²) in [6.45, 7) is 4.37. The van der Waals surface area contributed by atoms with Crippen LogP contribution in [0.25, 0.3) is 0 Å². The van der Waals surface area contributed by atoms with Crippen molar-refractivity contribution in [2.24, 2.45) is 0 Å². The van der Waals surface area contributed by atoms with E-state index in [2.05, 4.69) is 15.9 Å². The Morgan fingerprint density at radius 3 is 2.50 bits per heavy atom. The van der Waals surface area contributed by atoms with E-state index in [0.717, 1.165) is 16.5 Å². The maximum atomic E-state index is 12.1. The largest absolute Gasteiger partial charge is 0.242 e. The second kappa shape index (κ2) is 5.29. The summed E-state index contributed by atoms with van der Waals surface area (Å²) in [6, 6.07) is 5.08. The van der Waals surface area contributed by atoms with Gasteiger partial charge in [0.25, 0.3) is 0 Å². The number of hydrogen-bond acceptors (Lipinski definition) is 2. The van der Waals surface area contributed by atoms with Gasteiger partial charge in [-0.05, 0) is 37.1 Å². The van der Waals surface area contributed by atoms with Crippen LogP contribution in [0.5, 0.6) is 0 Å². The molecule has 0 spiro atoms. The quantitative estimate of drug-likeness (QED) is 0.858. The lowest BCUT2D eigenvalue weighted by Gasteiger charge is -2.16. The summed E-state index contributed by atoms with van der Waals surface area (Å²) in [7, 11) is -1.72. The van der Waals surface area contributed by atoms with Crippen molar-refractivity contribution in [3.8, 4) is 0 Å². The summed E-state index contributed by atoms with van der Waals surface area (Å²) in [5.74, 6) is 0. The van der Waals surface area contributed by atoms with Crippen LogP contribution in [0.1, 0.15) is 18.9 Å². The number of halogens is 1. The van der Waals surface area contributed by atoms with Crippen LogP contribution in [0.3, 0.4) is 0 Å². The summed E-state index contributed by atoms with van der Waals surface area (Å²) in [4.78, 5) is 0.351. The lowest BCUT2D eigenvalue weighted by atomic mass is 10.2. The molecule has 1 aromatic carbocycles. The molecule has 0 heterocycles. The van der Waals surface area contributed by atoms with Gasteiger partial charge in [-0.2, -0.15) is 0 Å². The van der Waals surface area contributed by atoms with Crippen LogP contribution < -0.4 is 0 Å². The molecule has 0 saturated heterocycles. The number of aryl methyl sites for hydroxylation is 1. The topological polar surface area (TPSA) is 37.4 Å². The average Bonchev–Trinajstić information content (AvgIpc) is 2.22. The van der Waals surface area contributed by atoms with Crippen molar-refractivity contribution < 1.29 is 8.42 Å². The molecular weight excluding hydrogens is 290 g/mol. The van der Waals surface area contributed by atoms with Crippen molar-refractivity contribution in [2.75, 3.05) is 13.6 Å². The van der Waals surface area contributed by atoms with E-state index in [9.17, 15) is 8.42 Å². The molecule has 0 aromatic heterocycles. The van der Waals surface area contributed by atoms with E-state index in [4.69, 9.17) is 0 Å². The van der Waals surface area contributed by atoms with Gasteiger partial charge in [-0.1, -0.05) is 22.9 Å². The number of hydrogen-bond donors (Lipinski definition) is 0. The van der Waals surface area contributed by atoms with Crippen LogP contribution in [0.4, 0.5) is 0 Å². The minimum Gasteiger partial charge on any atom is -0.207 e. The van der Waals surface area contributed by atoms with Gasteiger partial charge < -0.3 is 0 Å². The molecule has 0 unspecified atom stereocenters. The third kappa shape index (κ3) is 2.84. The highest BCUT2D eigenvalue weighted by Gasteiger charge is 2.20. The molecule has 16 heavy (non-hydrogen) atoms. The highest BCUT2D eigenvalue weighted by atomic mass is 79.9. The molecule has 0 atom stereocenters. The minimum absolute atomic E-state index is 0.351. The van der Waals surface area contributed by atoms with Gasteiger partial charge in [-0.25, -0.2) is 12.7 Å². The molecule has 0 bridgehead atoms. The molecule has 0 saturated carbocycles. The van der Waals surface area contributed by atoms with Crippen LogP contribution in [-0.4, -0.2) is 26.3 Å². The van der Waals surface area contributed by atoms with Crippen molar-refractivity contribution in [1.29, 1.82) is 0 Å². The first kappa shape index (κ1) is 13.7. The molecular formula is C11H16BrNO2S. The zero-order chi connectivity index (χ0) is 12.3. The van der Waals surface area contributed by atoms with E-state index in [1.807, 2.05) is 13.8 Å². The first-order chi connectivity index (χ1) is 7.39. The molecule has 0 amide bonds. The van der Waals surface area contributed by atoms with Gasteiger partial charge in [0, 0.05) is 18.1 Å². The molecule has 0 fully saturated rings. The minimum atomic E-state index is -3.33. The number of sulfonamides is 1. The van der Waals surface area contributed by atoms with Crippen LogP contribution >= 0.6 is 15.9 Å². The number of nitrogens with zero attached hydrogens (tertiary/aromatic N) is 1. The molecule has 1 aromatic rings. The van der Waals surface area contributed by atoms with E-state index in [1.165, 1.54) is 4.31 Å². The summed E-state index contributed by atoms with van der Waals surface area (Å²) in [5, 5.41) is 0. The zero-order valence-corrected chi connectivity index (χ0v) is 12.1. The second-order valence-electron chi connectivity index (χ2n) is 3.74. The Morgan fingerprint density at radius 2 is 2.00 bits per heavy atom. The van der Waals surface area contributed by atoms with E-state index in [-0.39, 0.29) is 0 Å². The fourth-order valence-corrected chi connectivity index (χ4v) is 2.99. The lowest BCUT2D eigenvalue weighted by molar-refractivity contribution is 0.468. The summed E-state index contributed by atoms with van der Waals surface area (Å²) in [6.07, 6.45) is 0.811. The highest BCUT2D eigenvalue weighted by Crippen LogP contribution is 2.22. The van der Waals surface area contributed by atoms with Crippen LogP contribution in [-0.2, 0) is 10.0 Å². The van der Waals surface area contributed by atoms with Crippen LogP contribution in [0, 0.1) is 6.92 Å². The summed E-state index contributed by atoms with van der Waals surface area (Å²) < 4.78 is 26.5. The van der Waals surface area contributed by atoms with Crippen LogP contribution in [0.2, 0.25) is 0 Å². The second-order valence-corrected chi connectivity index (χ2v) is 6.64. The van der Waals surface area contributed by atoms with Crippen molar-refractivity contribution in [3.05, 3.63) is 28.2 Å². The molecule has 5 heteroatoms. The van der Waals surface area contributed by atoms with Crippen molar-refractivity contribution >= 4 is 26.0 Å². The van der Waals surface area contributed by atoms with Crippen molar-refractivity contribution in [3.63, 3.8) is 0 Å². The molecule has 0 radical (unpaired) electrons. The fraction of sp³-hybridized carbons (Fsp3) is 0.455.